The summed E-state index contributed by atoms with van der Waals surface area (Å²) in [4.78, 5) is 33.9. The van der Waals surface area contributed by atoms with Gasteiger partial charge in [0.25, 0.3) is 12.3 Å². The van der Waals surface area contributed by atoms with Crippen molar-refractivity contribution >= 4 is 29.0 Å². The van der Waals surface area contributed by atoms with E-state index in [2.05, 4.69) is 36.4 Å². The zero-order chi connectivity index (χ0) is 25.7. The fourth-order valence-electron chi connectivity index (χ4n) is 3.30. The van der Waals surface area contributed by atoms with Crippen molar-refractivity contribution in [3.8, 4) is 17.1 Å². The highest BCUT2D eigenvalue weighted by molar-refractivity contribution is 5.99. The van der Waals surface area contributed by atoms with Crippen molar-refractivity contribution in [1.82, 2.24) is 30.4 Å². The Labute approximate surface area is 204 Å². The molecule has 3 aromatic rings. The van der Waals surface area contributed by atoms with Gasteiger partial charge in [0.15, 0.2) is 23.1 Å². The summed E-state index contributed by atoms with van der Waals surface area (Å²) in [6.45, 7) is 1.34. The van der Waals surface area contributed by atoms with Crippen LogP contribution >= 0.6 is 0 Å². The average molecular weight is 502 g/mol. The molecule has 14 heteroatoms. The lowest BCUT2D eigenvalue weighted by Gasteiger charge is -2.16. The van der Waals surface area contributed by atoms with Gasteiger partial charge in [0, 0.05) is 12.0 Å². The quantitative estimate of drug-likeness (QED) is 0.337. The standard InChI is InChI=1S/C22H24F2N8O4/c1-3-36-31-22(34)18-15(9-17(28-29-18)27-21(33)12-7-8-12)26-14-6-4-5-13(19(14)35-2)20-25-11-32(30-20)10-16(23)24/h4-6,9,11-12,16H,3,7-8,10H2,1-2H3,(H,31,34)(H2,26,27,28,33). The molecule has 0 radical (unpaired) electrons. The highest BCUT2D eigenvalue weighted by Crippen LogP contribution is 2.37. The number of hydroxylamine groups is 1. The summed E-state index contributed by atoms with van der Waals surface area (Å²) in [7, 11) is 1.43. The number of amides is 2. The molecule has 2 amide bonds. The van der Waals surface area contributed by atoms with Crippen LogP contribution in [0.25, 0.3) is 11.4 Å². The zero-order valence-corrected chi connectivity index (χ0v) is 19.5. The third-order valence-corrected chi connectivity index (χ3v) is 5.11. The van der Waals surface area contributed by atoms with Crippen molar-refractivity contribution in [2.45, 2.75) is 32.7 Å². The number of hydrogen-bond acceptors (Lipinski definition) is 9. The Balaban J connectivity index is 1.67. The Bertz CT molecular complexity index is 1250. The fraction of sp³-hybridized carbons (Fsp3) is 0.364. The number of anilines is 3. The highest BCUT2D eigenvalue weighted by atomic mass is 19.3. The van der Waals surface area contributed by atoms with E-state index in [1.807, 2.05) is 0 Å². The van der Waals surface area contributed by atoms with Gasteiger partial charge in [-0.05, 0) is 31.9 Å². The van der Waals surface area contributed by atoms with Crippen molar-refractivity contribution < 1.29 is 27.9 Å². The maximum atomic E-state index is 12.7. The first-order valence-electron chi connectivity index (χ1n) is 11.1. The molecular weight excluding hydrogens is 478 g/mol. The van der Waals surface area contributed by atoms with Gasteiger partial charge in [-0.1, -0.05) is 6.07 Å². The molecule has 2 aromatic heterocycles. The fourth-order valence-corrected chi connectivity index (χ4v) is 3.30. The summed E-state index contributed by atoms with van der Waals surface area (Å²) < 4.78 is 32.0. The van der Waals surface area contributed by atoms with Gasteiger partial charge in [0.2, 0.25) is 5.91 Å². The molecule has 1 aliphatic carbocycles. The molecular formula is C22H24F2N8O4. The van der Waals surface area contributed by atoms with Crippen LogP contribution in [0.2, 0.25) is 0 Å². The number of carbonyl (C=O) groups excluding carboxylic acids is 2. The lowest BCUT2D eigenvalue weighted by atomic mass is 10.1. The summed E-state index contributed by atoms with van der Waals surface area (Å²) in [6.07, 6.45) is 0.248. The Kier molecular flexibility index (Phi) is 7.63. The third kappa shape index (κ3) is 5.89. The topological polar surface area (TPSA) is 145 Å². The molecule has 1 saturated carbocycles. The molecule has 0 saturated heterocycles. The van der Waals surface area contributed by atoms with Crippen molar-refractivity contribution in [2.24, 2.45) is 5.92 Å². The molecule has 0 unspecified atom stereocenters. The van der Waals surface area contributed by atoms with E-state index in [9.17, 15) is 18.4 Å². The predicted molar refractivity (Wildman–Crippen MR) is 124 cm³/mol. The summed E-state index contributed by atoms with van der Waals surface area (Å²) in [6, 6.07) is 6.49. The van der Waals surface area contributed by atoms with Crippen LogP contribution in [0, 0.1) is 5.92 Å². The lowest BCUT2D eigenvalue weighted by molar-refractivity contribution is -0.117. The van der Waals surface area contributed by atoms with E-state index in [1.165, 1.54) is 19.5 Å². The Morgan fingerprint density at radius 3 is 2.72 bits per heavy atom. The van der Waals surface area contributed by atoms with Gasteiger partial charge < -0.3 is 15.4 Å². The molecule has 36 heavy (non-hydrogen) atoms. The number of benzene rings is 1. The van der Waals surface area contributed by atoms with Crippen molar-refractivity contribution in [3.63, 3.8) is 0 Å². The van der Waals surface area contributed by atoms with E-state index in [4.69, 9.17) is 9.57 Å². The highest BCUT2D eigenvalue weighted by Gasteiger charge is 2.30. The van der Waals surface area contributed by atoms with E-state index < -0.39 is 18.9 Å². The van der Waals surface area contributed by atoms with Crippen molar-refractivity contribution in [1.29, 1.82) is 0 Å². The van der Waals surface area contributed by atoms with Crippen molar-refractivity contribution in [3.05, 3.63) is 36.3 Å². The number of methoxy groups -OCH3 is 1. The first kappa shape index (κ1) is 24.9. The molecule has 1 aromatic carbocycles. The van der Waals surface area contributed by atoms with Crippen LogP contribution in [0.3, 0.4) is 0 Å². The molecule has 1 aliphatic rings. The van der Waals surface area contributed by atoms with E-state index >= 15 is 0 Å². The zero-order valence-electron chi connectivity index (χ0n) is 19.5. The second-order valence-corrected chi connectivity index (χ2v) is 7.81. The van der Waals surface area contributed by atoms with Gasteiger partial charge >= 0.3 is 0 Å². The minimum atomic E-state index is -2.58. The summed E-state index contributed by atoms with van der Waals surface area (Å²) in [5.41, 5.74) is 3.21. The van der Waals surface area contributed by atoms with Gasteiger partial charge in [-0.3, -0.25) is 14.4 Å². The summed E-state index contributed by atoms with van der Waals surface area (Å²) >= 11 is 0. The normalized spacial score (nSPS) is 12.9. The monoisotopic (exact) mass is 502 g/mol. The van der Waals surface area contributed by atoms with Crippen LogP contribution in [0.5, 0.6) is 5.75 Å². The molecule has 0 spiro atoms. The van der Waals surface area contributed by atoms with Crippen molar-refractivity contribution in [2.75, 3.05) is 24.4 Å². The second kappa shape index (κ2) is 11.0. The predicted octanol–water partition coefficient (Wildman–Crippen LogP) is 2.78. The first-order chi connectivity index (χ1) is 17.4. The molecule has 4 rings (SSSR count). The van der Waals surface area contributed by atoms with Crippen LogP contribution in [0.1, 0.15) is 30.3 Å². The number of ether oxygens (including phenoxy) is 1. The second-order valence-electron chi connectivity index (χ2n) is 7.81. The van der Waals surface area contributed by atoms with Crippen LogP contribution < -0.4 is 20.9 Å². The van der Waals surface area contributed by atoms with Crippen LogP contribution in [-0.2, 0) is 16.2 Å². The Morgan fingerprint density at radius 1 is 1.22 bits per heavy atom. The number of nitrogens with one attached hydrogen (secondary N) is 3. The van der Waals surface area contributed by atoms with Crippen LogP contribution in [0.15, 0.2) is 30.6 Å². The molecule has 1 fully saturated rings. The molecule has 190 valence electrons. The largest absolute Gasteiger partial charge is 0.494 e. The smallest absolute Gasteiger partial charge is 0.297 e. The summed E-state index contributed by atoms with van der Waals surface area (Å²) in [5.74, 6) is -0.260. The number of hydrogen-bond donors (Lipinski definition) is 3. The van der Waals surface area contributed by atoms with Crippen LogP contribution in [0.4, 0.5) is 26.0 Å². The SMILES string of the molecule is CCONC(=O)c1nnc(NC(=O)C2CC2)cc1Nc1cccc(-c2ncn(CC(F)F)n2)c1OC. The number of para-hydroxylation sites is 1. The van der Waals surface area contributed by atoms with E-state index in [-0.39, 0.29) is 41.5 Å². The number of carbonyl (C=O) groups is 2. The van der Waals surface area contributed by atoms with Gasteiger partial charge in [0.05, 0.1) is 30.7 Å². The maximum Gasteiger partial charge on any atom is 0.297 e. The van der Waals surface area contributed by atoms with Gasteiger partial charge in [-0.15, -0.1) is 10.2 Å². The molecule has 2 heterocycles. The number of aromatic nitrogens is 5. The van der Waals surface area contributed by atoms with E-state index in [0.29, 0.717) is 17.0 Å². The Morgan fingerprint density at radius 2 is 2.03 bits per heavy atom. The minimum absolute atomic E-state index is 0.0571. The molecule has 0 atom stereocenters. The first-order valence-corrected chi connectivity index (χ1v) is 11.1. The Hall–Kier alpha value is -4.20. The third-order valence-electron chi connectivity index (χ3n) is 5.11. The van der Waals surface area contributed by atoms with Gasteiger partial charge in [-0.25, -0.2) is 23.9 Å². The average Bonchev–Trinajstić information content (AvgIpc) is 3.62. The lowest BCUT2D eigenvalue weighted by Crippen LogP contribution is -2.26. The maximum absolute atomic E-state index is 12.7. The summed E-state index contributed by atoms with van der Waals surface area (Å²) in [5, 5.41) is 17.8. The number of halogens is 2. The van der Waals surface area contributed by atoms with Gasteiger partial charge in [-0.2, -0.15) is 5.10 Å². The molecule has 12 nitrogen and oxygen atoms in total. The molecule has 0 bridgehead atoms. The number of alkyl halides is 2. The van der Waals surface area contributed by atoms with E-state index in [1.54, 1.807) is 25.1 Å². The molecule has 3 N–H and O–H groups in total. The van der Waals surface area contributed by atoms with E-state index in [0.717, 1.165) is 17.5 Å². The number of nitrogens with zero attached hydrogens (tertiary/aromatic N) is 5. The minimum Gasteiger partial charge on any atom is -0.494 e. The number of rotatable bonds is 11. The van der Waals surface area contributed by atoms with Gasteiger partial charge in [0.1, 0.15) is 12.9 Å². The molecule has 0 aliphatic heterocycles. The van der Waals surface area contributed by atoms with Crippen LogP contribution in [-0.4, -0.2) is 56.9 Å².